The molecule has 2 rings (SSSR count). The summed E-state index contributed by atoms with van der Waals surface area (Å²) >= 11 is 0. The van der Waals surface area contributed by atoms with Crippen molar-refractivity contribution in [3.05, 3.63) is 30.1 Å². The van der Waals surface area contributed by atoms with E-state index in [-0.39, 0.29) is 0 Å². The molecule has 88 valence electrons. The molecule has 3 nitrogen and oxygen atoms in total. The van der Waals surface area contributed by atoms with Crippen LogP contribution in [0.1, 0.15) is 18.4 Å². The Labute approximate surface area is 97.9 Å². The van der Waals surface area contributed by atoms with Crippen LogP contribution in [0.5, 0.6) is 0 Å². The van der Waals surface area contributed by atoms with Crippen molar-refractivity contribution in [1.82, 2.24) is 15.2 Å². The van der Waals surface area contributed by atoms with Crippen molar-refractivity contribution >= 4 is 0 Å². The lowest BCUT2D eigenvalue weighted by molar-refractivity contribution is 0.204. The molecule has 0 aromatic carbocycles. The van der Waals surface area contributed by atoms with E-state index in [0.717, 1.165) is 12.5 Å². The van der Waals surface area contributed by atoms with Crippen LogP contribution >= 0.6 is 0 Å². The lowest BCUT2D eigenvalue weighted by atomic mass is 10.0. The predicted octanol–water partition coefficient (Wildman–Crippen LogP) is 1.31. The quantitative estimate of drug-likeness (QED) is 0.827. The van der Waals surface area contributed by atoms with Gasteiger partial charge in [0.25, 0.3) is 0 Å². The van der Waals surface area contributed by atoms with Crippen molar-refractivity contribution in [2.45, 2.75) is 25.3 Å². The van der Waals surface area contributed by atoms with Crippen LogP contribution in [0.4, 0.5) is 0 Å². The van der Waals surface area contributed by atoms with Crippen LogP contribution in [0.15, 0.2) is 24.5 Å². The fourth-order valence-electron chi connectivity index (χ4n) is 2.28. The molecule has 1 fully saturated rings. The standard InChI is InChI=1S/C13H21N3/c1-14-13-5-9-16(10-6-13)8-4-12-3-2-7-15-11-12/h2-3,7,11,13-14H,4-6,8-10H2,1H3. The summed E-state index contributed by atoms with van der Waals surface area (Å²) in [6, 6.07) is 4.91. The molecule has 1 aromatic rings. The highest BCUT2D eigenvalue weighted by Crippen LogP contribution is 2.10. The number of nitrogens with one attached hydrogen (secondary N) is 1. The summed E-state index contributed by atoms with van der Waals surface area (Å²) in [7, 11) is 2.07. The molecule has 1 aliphatic heterocycles. The second-order valence-electron chi connectivity index (χ2n) is 4.52. The SMILES string of the molecule is CNC1CCN(CCc2cccnc2)CC1. The number of hydrogen-bond acceptors (Lipinski definition) is 3. The third-order valence-electron chi connectivity index (χ3n) is 3.44. The molecule has 0 bridgehead atoms. The molecule has 0 aliphatic carbocycles. The maximum Gasteiger partial charge on any atom is 0.0300 e. The summed E-state index contributed by atoms with van der Waals surface area (Å²) in [5.74, 6) is 0. The number of nitrogens with zero attached hydrogens (tertiary/aromatic N) is 2. The fourth-order valence-corrected chi connectivity index (χ4v) is 2.28. The Morgan fingerprint density at radius 2 is 2.25 bits per heavy atom. The third kappa shape index (κ3) is 3.29. The molecular weight excluding hydrogens is 198 g/mol. The fraction of sp³-hybridized carbons (Fsp3) is 0.615. The predicted molar refractivity (Wildman–Crippen MR) is 66.5 cm³/mol. The largest absolute Gasteiger partial charge is 0.317 e. The number of rotatable bonds is 4. The Morgan fingerprint density at radius 3 is 2.88 bits per heavy atom. The summed E-state index contributed by atoms with van der Waals surface area (Å²) in [6.45, 7) is 3.62. The van der Waals surface area contributed by atoms with Crippen LogP contribution in [0.25, 0.3) is 0 Å². The summed E-state index contributed by atoms with van der Waals surface area (Å²) in [6.07, 6.45) is 7.49. The van der Waals surface area contributed by atoms with Crippen LogP contribution in [-0.2, 0) is 6.42 Å². The van der Waals surface area contributed by atoms with Crippen molar-refractivity contribution in [3.8, 4) is 0 Å². The summed E-state index contributed by atoms with van der Waals surface area (Å²) in [5, 5.41) is 3.36. The molecule has 0 spiro atoms. The van der Waals surface area contributed by atoms with Crippen molar-refractivity contribution in [2.75, 3.05) is 26.7 Å². The number of pyridine rings is 1. The molecule has 1 saturated heterocycles. The minimum Gasteiger partial charge on any atom is -0.317 e. The van der Waals surface area contributed by atoms with E-state index in [0.29, 0.717) is 0 Å². The summed E-state index contributed by atoms with van der Waals surface area (Å²) < 4.78 is 0. The van der Waals surface area contributed by atoms with E-state index < -0.39 is 0 Å². The van der Waals surface area contributed by atoms with Crippen molar-refractivity contribution < 1.29 is 0 Å². The van der Waals surface area contributed by atoms with Gasteiger partial charge < -0.3 is 10.2 Å². The van der Waals surface area contributed by atoms with Gasteiger partial charge in [-0.25, -0.2) is 0 Å². The normalized spacial score (nSPS) is 18.8. The first-order valence-corrected chi connectivity index (χ1v) is 6.17. The van der Waals surface area contributed by atoms with Crippen molar-refractivity contribution in [2.24, 2.45) is 0 Å². The first-order chi connectivity index (χ1) is 7.88. The number of likely N-dealkylation sites (tertiary alicyclic amines) is 1. The first kappa shape index (κ1) is 11.6. The Bertz CT molecular complexity index is 291. The highest BCUT2D eigenvalue weighted by atomic mass is 15.1. The smallest absolute Gasteiger partial charge is 0.0300 e. The van der Waals surface area contributed by atoms with Crippen LogP contribution in [0.2, 0.25) is 0 Å². The molecule has 1 N–H and O–H groups in total. The van der Waals surface area contributed by atoms with Gasteiger partial charge in [0.1, 0.15) is 0 Å². The lowest BCUT2D eigenvalue weighted by Crippen LogP contribution is -2.41. The van der Waals surface area contributed by atoms with Crippen LogP contribution in [-0.4, -0.2) is 42.6 Å². The lowest BCUT2D eigenvalue weighted by Gasteiger charge is -2.31. The van der Waals surface area contributed by atoms with E-state index in [2.05, 4.69) is 28.3 Å². The van der Waals surface area contributed by atoms with E-state index in [9.17, 15) is 0 Å². The molecule has 1 aliphatic rings. The van der Waals surface area contributed by atoms with Crippen molar-refractivity contribution in [1.29, 1.82) is 0 Å². The van der Waals surface area contributed by atoms with Gasteiger partial charge in [-0.05, 0) is 51.0 Å². The first-order valence-electron chi connectivity index (χ1n) is 6.17. The molecule has 0 amide bonds. The average molecular weight is 219 g/mol. The maximum absolute atomic E-state index is 4.15. The zero-order chi connectivity index (χ0) is 11.2. The van der Waals surface area contributed by atoms with E-state index in [4.69, 9.17) is 0 Å². The van der Waals surface area contributed by atoms with E-state index in [1.807, 2.05) is 18.5 Å². The van der Waals surface area contributed by atoms with E-state index >= 15 is 0 Å². The minimum atomic E-state index is 0.731. The molecule has 0 unspecified atom stereocenters. The van der Waals surface area contributed by atoms with Gasteiger partial charge in [-0.1, -0.05) is 6.07 Å². The van der Waals surface area contributed by atoms with E-state index in [1.165, 1.54) is 38.0 Å². The second-order valence-corrected chi connectivity index (χ2v) is 4.52. The molecule has 3 heteroatoms. The molecule has 0 atom stereocenters. The van der Waals surface area contributed by atoms with Gasteiger partial charge in [0.05, 0.1) is 0 Å². The van der Waals surface area contributed by atoms with Gasteiger partial charge in [-0.15, -0.1) is 0 Å². The monoisotopic (exact) mass is 219 g/mol. The van der Waals surface area contributed by atoms with Crippen LogP contribution in [0, 0.1) is 0 Å². The minimum absolute atomic E-state index is 0.731. The Hall–Kier alpha value is -0.930. The Kier molecular flexibility index (Phi) is 4.31. The third-order valence-corrected chi connectivity index (χ3v) is 3.44. The molecule has 0 saturated carbocycles. The number of hydrogen-bond donors (Lipinski definition) is 1. The van der Waals surface area contributed by atoms with Gasteiger partial charge in [0.15, 0.2) is 0 Å². The number of aromatic nitrogens is 1. The van der Waals surface area contributed by atoms with Gasteiger partial charge >= 0.3 is 0 Å². The van der Waals surface area contributed by atoms with Gasteiger partial charge in [0, 0.05) is 25.0 Å². The summed E-state index contributed by atoms with van der Waals surface area (Å²) in [4.78, 5) is 6.70. The Balaban J connectivity index is 1.72. The maximum atomic E-state index is 4.15. The highest BCUT2D eigenvalue weighted by molar-refractivity contribution is 5.08. The Morgan fingerprint density at radius 1 is 1.44 bits per heavy atom. The molecule has 1 aromatic heterocycles. The molecule has 2 heterocycles. The molecular formula is C13H21N3. The molecule has 0 radical (unpaired) electrons. The van der Waals surface area contributed by atoms with Gasteiger partial charge in [-0.2, -0.15) is 0 Å². The van der Waals surface area contributed by atoms with Crippen molar-refractivity contribution in [3.63, 3.8) is 0 Å². The average Bonchev–Trinajstić information content (AvgIpc) is 2.38. The second kappa shape index (κ2) is 5.97. The van der Waals surface area contributed by atoms with Crippen LogP contribution < -0.4 is 5.32 Å². The van der Waals surface area contributed by atoms with Crippen LogP contribution in [0.3, 0.4) is 0 Å². The zero-order valence-electron chi connectivity index (χ0n) is 10.0. The zero-order valence-corrected chi connectivity index (χ0v) is 10.0. The topological polar surface area (TPSA) is 28.2 Å². The number of piperidine rings is 1. The summed E-state index contributed by atoms with van der Waals surface area (Å²) in [5.41, 5.74) is 1.35. The van der Waals surface area contributed by atoms with Gasteiger partial charge in [-0.3, -0.25) is 4.98 Å². The molecule has 16 heavy (non-hydrogen) atoms. The van der Waals surface area contributed by atoms with Gasteiger partial charge in [0.2, 0.25) is 0 Å². The van der Waals surface area contributed by atoms with E-state index in [1.54, 1.807) is 0 Å². The highest BCUT2D eigenvalue weighted by Gasteiger charge is 2.16.